The molecule has 2 heterocycles. The Balaban J connectivity index is 1.97. The molecule has 24 heavy (non-hydrogen) atoms. The van der Waals surface area contributed by atoms with Gasteiger partial charge in [-0.1, -0.05) is 0 Å². The van der Waals surface area contributed by atoms with Crippen molar-refractivity contribution in [2.75, 3.05) is 18.5 Å². The zero-order valence-corrected chi connectivity index (χ0v) is 13.8. The number of isocyanates is 1. The number of aromatic amines is 1. The third kappa shape index (κ3) is 4.56. The van der Waals surface area contributed by atoms with Gasteiger partial charge < -0.3 is 15.0 Å². The van der Waals surface area contributed by atoms with Gasteiger partial charge in [-0.2, -0.15) is 10.1 Å². The van der Waals surface area contributed by atoms with Crippen molar-refractivity contribution < 1.29 is 19.1 Å². The van der Waals surface area contributed by atoms with E-state index in [2.05, 4.69) is 25.8 Å². The fraction of sp³-hybridized carbons (Fsp3) is 0.571. The molecule has 0 spiro atoms. The van der Waals surface area contributed by atoms with Gasteiger partial charge in [-0.25, -0.2) is 14.4 Å². The molecule has 0 saturated heterocycles. The van der Waals surface area contributed by atoms with Crippen LogP contribution < -0.4 is 10.6 Å². The highest BCUT2D eigenvalue weighted by molar-refractivity contribution is 5.89. The van der Waals surface area contributed by atoms with Crippen molar-refractivity contribution in [1.82, 2.24) is 20.4 Å². The monoisotopic (exact) mass is 336 g/mol. The van der Waals surface area contributed by atoms with Gasteiger partial charge in [0, 0.05) is 12.1 Å². The summed E-state index contributed by atoms with van der Waals surface area (Å²) in [7, 11) is 0. The van der Waals surface area contributed by atoms with E-state index in [9.17, 15) is 14.4 Å². The Morgan fingerprint density at radius 3 is 2.88 bits per heavy atom. The molecule has 1 aliphatic heterocycles. The molecule has 0 unspecified atom stereocenters. The molecule has 10 nitrogen and oxygen atoms in total. The molecule has 0 radical (unpaired) electrons. The minimum absolute atomic E-state index is 0.158. The van der Waals surface area contributed by atoms with Gasteiger partial charge in [0.2, 0.25) is 6.08 Å². The van der Waals surface area contributed by atoms with Crippen LogP contribution in [0.15, 0.2) is 4.99 Å². The number of fused-ring (bicyclic) bond motifs is 1. The average molecular weight is 336 g/mol. The van der Waals surface area contributed by atoms with Crippen molar-refractivity contribution in [1.29, 1.82) is 0 Å². The molecule has 0 bridgehead atoms. The Morgan fingerprint density at radius 1 is 1.46 bits per heavy atom. The summed E-state index contributed by atoms with van der Waals surface area (Å²) in [6, 6.07) is -0.530. The summed E-state index contributed by atoms with van der Waals surface area (Å²) in [5.74, 6) is 0.390. The Bertz CT molecular complexity index is 671. The Kier molecular flexibility index (Phi) is 5.20. The minimum atomic E-state index is -0.555. The number of nitrogens with zero attached hydrogens (tertiary/aromatic N) is 3. The molecule has 1 aliphatic rings. The van der Waals surface area contributed by atoms with Crippen LogP contribution in [0.3, 0.4) is 0 Å². The number of hydrogen-bond donors (Lipinski definition) is 3. The smallest absolute Gasteiger partial charge is 0.410 e. The fourth-order valence-electron chi connectivity index (χ4n) is 2.20. The molecule has 0 atom stereocenters. The third-order valence-electron chi connectivity index (χ3n) is 3.20. The molecular formula is C14H20N6O4. The topological polar surface area (TPSA) is 129 Å². The lowest BCUT2D eigenvalue weighted by atomic mass is 10.1. The van der Waals surface area contributed by atoms with Gasteiger partial charge in [-0.05, 0) is 27.2 Å². The lowest BCUT2D eigenvalue weighted by Crippen LogP contribution is -2.40. The number of urea groups is 1. The van der Waals surface area contributed by atoms with Crippen LogP contribution >= 0.6 is 0 Å². The van der Waals surface area contributed by atoms with E-state index < -0.39 is 11.6 Å². The number of rotatable bonds is 3. The number of anilines is 1. The summed E-state index contributed by atoms with van der Waals surface area (Å²) in [4.78, 5) is 38.5. The predicted molar refractivity (Wildman–Crippen MR) is 84.1 cm³/mol. The quantitative estimate of drug-likeness (QED) is 0.562. The van der Waals surface area contributed by atoms with Gasteiger partial charge in [0.15, 0.2) is 5.82 Å². The van der Waals surface area contributed by atoms with Gasteiger partial charge in [-0.3, -0.25) is 10.4 Å². The summed E-state index contributed by atoms with van der Waals surface area (Å²) in [5.41, 5.74) is 1.03. The number of H-pyrrole nitrogens is 1. The molecule has 1 aromatic rings. The summed E-state index contributed by atoms with van der Waals surface area (Å²) in [6.07, 6.45) is 1.47. The van der Waals surface area contributed by atoms with Gasteiger partial charge >= 0.3 is 12.1 Å². The first kappa shape index (κ1) is 17.5. The van der Waals surface area contributed by atoms with Crippen molar-refractivity contribution in [2.24, 2.45) is 4.99 Å². The molecule has 0 aromatic carbocycles. The summed E-state index contributed by atoms with van der Waals surface area (Å²) in [6.45, 7) is 6.07. The van der Waals surface area contributed by atoms with Crippen LogP contribution in [0.1, 0.15) is 32.0 Å². The molecule has 2 rings (SSSR count). The molecule has 0 aliphatic carbocycles. The fourth-order valence-corrected chi connectivity index (χ4v) is 2.20. The van der Waals surface area contributed by atoms with E-state index in [1.54, 1.807) is 4.90 Å². The molecule has 130 valence electrons. The highest BCUT2D eigenvalue weighted by Gasteiger charge is 2.28. The number of aliphatic imine (C=N–C) groups is 1. The largest absolute Gasteiger partial charge is 0.444 e. The SMILES string of the molecule is CC(C)(C)OC(=O)N1CCc2c(NC(=O)NCN=C=O)n[nH]c2C1. The number of carbonyl (C=O) groups excluding carboxylic acids is 3. The van der Waals surface area contributed by atoms with Crippen LogP contribution in [-0.4, -0.2) is 52.1 Å². The van der Waals surface area contributed by atoms with Crippen LogP contribution in [0, 0.1) is 0 Å². The highest BCUT2D eigenvalue weighted by atomic mass is 16.6. The maximum absolute atomic E-state index is 12.1. The van der Waals surface area contributed by atoms with E-state index in [0.29, 0.717) is 25.3 Å². The van der Waals surface area contributed by atoms with Gasteiger partial charge in [-0.15, -0.1) is 0 Å². The molecule has 1 aromatic heterocycles. The predicted octanol–water partition coefficient (Wildman–Crippen LogP) is 1.12. The second-order valence-electron chi connectivity index (χ2n) is 6.22. The number of carbonyl (C=O) groups is 2. The van der Waals surface area contributed by atoms with E-state index in [1.807, 2.05) is 20.8 Å². The number of ether oxygens (including phenoxy) is 1. The van der Waals surface area contributed by atoms with E-state index in [0.717, 1.165) is 11.3 Å². The molecule has 3 amide bonds. The Labute approximate surface area is 138 Å². The van der Waals surface area contributed by atoms with Crippen LogP contribution in [0.4, 0.5) is 15.4 Å². The number of nitrogens with one attached hydrogen (secondary N) is 3. The maximum atomic E-state index is 12.1. The third-order valence-corrected chi connectivity index (χ3v) is 3.20. The van der Waals surface area contributed by atoms with E-state index >= 15 is 0 Å². The van der Waals surface area contributed by atoms with Crippen LogP contribution in [0.2, 0.25) is 0 Å². The van der Waals surface area contributed by atoms with Crippen LogP contribution in [0.5, 0.6) is 0 Å². The normalized spacial score (nSPS) is 13.5. The van der Waals surface area contributed by atoms with Crippen LogP contribution in [-0.2, 0) is 22.5 Å². The molecular weight excluding hydrogens is 316 g/mol. The standard InChI is InChI=1S/C14H20N6O4/c1-14(2,3)24-13(23)20-5-4-9-10(6-20)18-19-11(9)17-12(22)16-7-15-8-21/h4-7H2,1-3H3,(H3,16,17,18,19,22). The zero-order valence-electron chi connectivity index (χ0n) is 13.8. The molecule has 3 N–H and O–H groups in total. The first-order chi connectivity index (χ1) is 11.3. The molecule has 10 heteroatoms. The number of aromatic nitrogens is 2. The zero-order chi connectivity index (χ0) is 17.7. The second-order valence-corrected chi connectivity index (χ2v) is 6.22. The van der Waals surface area contributed by atoms with Crippen molar-refractivity contribution in [3.05, 3.63) is 11.3 Å². The number of amides is 3. The van der Waals surface area contributed by atoms with Crippen molar-refractivity contribution in [2.45, 2.75) is 39.3 Å². The molecule has 0 fully saturated rings. The minimum Gasteiger partial charge on any atom is -0.444 e. The second kappa shape index (κ2) is 7.14. The lowest BCUT2D eigenvalue weighted by Gasteiger charge is -2.29. The van der Waals surface area contributed by atoms with Gasteiger partial charge in [0.25, 0.3) is 0 Å². The summed E-state index contributed by atoms with van der Waals surface area (Å²) < 4.78 is 5.35. The van der Waals surface area contributed by atoms with Gasteiger partial charge in [0.05, 0.1) is 12.2 Å². The van der Waals surface area contributed by atoms with Gasteiger partial charge in [0.1, 0.15) is 12.3 Å². The first-order valence-corrected chi connectivity index (χ1v) is 7.42. The maximum Gasteiger partial charge on any atom is 0.410 e. The number of hydrogen-bond acceptors (Lipinski definition) is 6. The Hall–Kier alpha value is -2.87. The lowest BCUT2D eigenvalue weighted by molar-refractivity contribution is 0.0221. The highest BCUT2D eigenvalue weighted by Crippen LogP contribution is 2.24. The average Bonchev–Trinajstić information content (AvgIpc) is 2.88. The summed E-state index contributed by atoms with van der Waals surface area (Å²) in [5, 5.41) is 11.8. The van der Waals surface area contributed by atoms with Crippen molar-refractivity contribution >= 4 is 24.0 Å². The van der Waals surface area contributed by atoms with Crippen LogP contribution in [0.25, 0.3) is 0 Å². The first-order valence-electron chi connectivity index (χ1n) is 7.42. The summed E-state index contributed by atoms with van der Waals surface area (Å²) >= 11 is 0. The Morgan fingerprint density at radius 2 is 2.21 bits per heavy atom. The van der Waals surface area contributed by atoms with E-state index in [-0.39, 0.29) is 12.8 Å². The molecule has 0 saturated carbocycles. The van der Waals surface area contributed by atoms with Crippen molar-refractivity contribution in [3.8, 4) is 0 Å². The van der Waals surface area contributed by atoms with Crippen molar-refractivity contribution in [3.63, 3.8) is 0 Å². The van der Waals surface area contributed by atoms with E-state index in [4.69, 9.17) is 4.74 Å². The van der Waals surface area contributed by atoms with E-state index in [1.165, 1.54) is 6.08 Å².